The number of piperidine rings is 1. The predicted molar refractivity (Wildman–Crippen MR) is 168 cm³/mol. The molecule has 0 unspecified atom stereocenters. The number of aliphatic imine (C=N–C) groups is 1. The van der Waals surface area contributed by atoms with Crippen molar-refractivity contribution in [3.05, 3.63) is 93.7 Å². The summed E-state index contributed by atoms with van der Waals surface area (Å²) in [6, 6.07) is 17.4. The number of esters is 2. The molecule has 2 aromatic carbocycles. The maximum absolute atomic E-state index is 13.7. The first kappa shape index (κ1) is 30.6. The van der Waals surface area contributed by atoms with E-state index in [1.807, 2.05) is 52.5 Å². The van der Waals surface area contributed by atoms with Crippen molar-refractivity contribution < 1.29 is 23.9 Å². The third kappa shape index (κ3) is 6.88. The Morgan fingerprint density at radius 3 is 2.35 bits per heavy atom. The molecule has 5 rings (SSSR count). The number of hydrogen-bond donors (Lipinski definition) is 0. The molecule has 0 spiro atoms. The Bertz CT molecular complexity index is 1440. The number of carbonyl (C=O) groups is 3. The molecule has 3 heterocycles. The Hall–Kier alpha value is -3.85. The van der Waals surface area contributed by atoms with E-state index >= 15 is 0 Å². The Kier molecular flexibility index (Phi) is 9.70. The van der Waals surface area contributed by atoms with Crippen LogP contribution in [0.15, 0.2) is 82.0 Å². The first-order chi connectivity index (χ1) is 20.8. The molecule has 2 aromatic rings. The molecule has 3 aliphatic rings. The highest BCUT2D eigenvalue weighted by Crippen LogP contribution is 2.45. The van der Waals surface area contributed by atoms with Crippen LogP contribution in [0.2, 0.25) is 0 Å². The third-order valence-electron chi connectivity index (χ3n) is 8.15. The van der Waals surface area contributed by atoms with E-state index in [-0.39, 0.29) is 30.8 Å². The fourth-order valence-electron chi connectivity index (χ4n) is 5.70. The van der Waals surface area contributed by atoms with E-state index in [2.05, 4.69) is 38.1 Å². The Labute approximate surface area is 257 Å². The van der Waals surface area contributed by atoms with Gasteiger partial charge in [0, 0.05) is 18.8 Å². The highest BCUT2D eigenvalue weighted by atomic mass is 32.2. The van der Waals surface area contributed by atoms with Gasteiger partial charge in [0.05, 0.1) is 36.3 Å². The largest absolute Gasteiger partial charge is 0.466 e. The quantitative estimate of drug-likeness (QED) is 0.311. The normalized spacial score (nSPS) is 18.8. The highest BCUT2D eigenvalue weighted by molar-refractivity contribution is 8.16. The maximum Gasteiger partial charge on any atom is 0.338 e. The lowest BCUT2D eigenvalue weighted by Gasteiger charge is -2.37. The van der Waals surface area contributed by atoms with Gasteiger partial charge in [-0.1, -0.05) is 80.2 Å². The van der Waals surface area contributed by atoms with Crippen LogP contribution < -0.4 is 0 Å². The van der Waals surface area contributed by atoms with Crippen LogP contribution in [0.3, 0.4) is 0 Å². The molecule has 8 nitrogen and oxygen atoms in total. The molecule has 0 aliphatic carbocycles. The lowest BCUT2D eigenvalue weighted by molar-refractivity contribution is -0.151. The second-order valence-electron chi connectivity index (χ2n) is 11.4. The van der Waals surface area contributed by atoms with Crippen molar-refractivity contribution in [2.75, 3.05) is 19.7 Å². The summed E-state index contributed by atoms with van der Waals surface area (Å²) < 4.78 is 11.0. The van der Waals surface area contributed by atoms with E-state index in [4.69, 9.17) is 14.5 Å². The van der Waals surface area contributed by atoms with Crippen LogP contribution in [-0.4, -0.2) is 52.5 Å². The minimum atomic E-state index is -0.486. The summed E-state index contributed by atoms with van der Waals surface area (Å²) in [5.41, 5.74) is 4.90. The summed E-state index contributed by atoms with van der Waals surface area (Å²) in [5.74, 6) is -0.413. The van der Waals surface area contributed by atoms with E-state index in [1.54, 1.807) is 6.92 Å². The predicted octanol–water partition coefficient (Wildman–Crippen LogP) is 6.32. The van der Waals surface area contributed by atoms with Crippen molar-refractivity contribution >= 4 is 34.8 Å². The van der Waals surface area contributed by atoms with E-state index in [1.165, 1.54) is 17.3 Å². The number of nitrogens with zero attached hydrogens (tertiary/aromatic N) is 3. The summed E-state index contributed by atoms with van der Waals surface area (Å²) in [7, 11) is 0. The van der Waals surface area contributed by atoms with Crippen molar-refractivity contribution in [2.45, 2.75) is 65.5 Å². The monoisotopic (exact) mass is 601 g/mol. The fraction of sp³-hybridized carbons (Fsp3) is 0.412. The zero-order valence-electron chi connectivity index (χ0n) is 25.2. The molecule has 3 aliphatic heterocycles. The Morgan fingerprint density at radius 2 is 1.70 bits per heavy atom. The molecule has 0 bridgehead atoms. The second-order valence-corrected chi connectivity index (χ2v) is 12.2. The van der Waals surface area contributed by atoms with Crippen LogP contribution in [0, 0.1) is 5.92 Å². The van der Waals surface area contributed by atoms with Gasteiger partial charge in [-0.2, -0.15) is 0 Å². The van der Waals surface area contributed by atoms with Crippen LogP contribution in [0.1, 0.15) is 75.6 Å². The van der Waals surface area contributed by atoms with Crippen molar-refractivity contribution in [3.63, 3.8) is 0 Å². The third-order valence-corrected chi connectivity index (χ3v) is 9.04. The first-order valence-electron chi connectivity index (χ1n) is 15.0. The van der Waals surface area contributed by atoms with Gasteiger partial charge in [-0.25, -0.2) is 9.79 Å². The van der Waals surface area contributed by atoms with E-state index in [0.717, 1.165) is 22.0 Å². The average molecular weight is 602 g/mol. The van der Waals surface area contributed by atoms with Crippen molar-refractivity contribution in [1.29, 1.82) is 0 Å². The summed E-state index contributed by atoms with van der Waals surface area (Å²) in [6.45, 7) is 9.49. The number of ether oxygens (including phenoxy) is 2. The second kappa shape index (κ2) is 13.6. The van der Waals surface area contributed by atoms with Crippen LogP contribution >= 0.6 is 11.8 Å². The molecule has 0 N–H and O–H groups in total. The van der Waals surface area contributed by atoms with Crippen molar-refractivity contribution in [2.24, 2.45) is 10.9 Å². The SMILES string of the molecule is CCOC(=O)C1CCN(C(=O)CC2=CSC3=NC(C)=C(C(=O)OCc4ccccc4)[C@H](c4ccc(C(C)C)cc4)N23)CC1. The molecule has 43 heavy (non-hydrogen) atoms. The molecule has 0 aromatic heterocycles. The number of amides is 1. The van der Waals surface area contributed by atoms with Crippen molar-refractivity contribution in [3.8, 4) is 0 Å². The van der Waals surface area contributed by atoms with E-state index in [9.17, 15) is 14.4 Å². The van der Waals surface area contributed by atoms with Gasteiger partial charge >= 0.3 is 11.9 Å². The van der Waals surface area contributed by atoms with Gasteiger partial charge in [0.2, 0.25) is 5.91 Å². The molecule has 0 saturated carbocycles. The first-order valence-corrected chi connectivity index (χ1v) is 15.8. The number of fused-ring (bicyclic) bond motifs is 1. The van der Waals surface area contributed by atoms with Crippen molar-refractivity contribution in [1.82, 2.24) is 9.80 Å². The molecule has 1 atom stereocenters. The summed E-state index contributed by atoms with van der Waals surface area (Å²) in [5, 5.41) is 2.70. The lowest BCUT2D eigenvalue weighted by atomic mass is 9.91. The molecule has 1 amide bonds. The summed E-state index contributed by atoms with van der Waals surface area (Å²) >= 11 is 1.46. The van der Waals surface area contributed by atoms with Gasteiger partial charge in [0.15, 0.2) is 5.17 Å². The minimum absolute atomic E-state index is 0.0104. The summed E-state index contributed by atoms with van der Waals surface area (Å²) in [6.07, 6.45) is 1.36. The van der Waals surface area contributed by atoms with Gasteiger partial charge < -0.3 is 19.3 Å². The van der Waals surface area contributed by atoms with Gasteiger partial charge in [0.1, 0.15) is 6.61 Å². The molecule has 0 radical (unpaired) electrons. The number of thioether (sulfide) groups is 1. The standard InChI is InChI=1S/C34H39N3O5S/c1-5-41-32(39)27-15-17-36(18-16-27)29(38)19-28-21-43-34-35-23(4)30(33(40)42-20-24-9-7-6-8-10-24)31(37(28)34)26-13-11-25(12-14-26)22(2)3/h6-14,21-22,27,31H,5,15-20H2,1-4H3/t31-/m0/s1. The van der Waals surface area contributed by atoms with Crippen LogP contribution in [0.5, 0.6) is 0 Å². The van der Waals surface area contributed by atoms with Crippen LogP contribution in [0.25, 0.3) is 0 Å². The molecule has 1 fully saturated rings. The zero-order valence-corrected chi connectivity index (χ0v) is 26.1. The number of amidine groups is 1. The topological polar surface area (TPSA) is 88.5 Å². The number of rotatable bonds is 9. The van der Waals surface area contributed by atoms with Gasteiger partial charge in [-0.15, -0.1) is 0 Å². The molecular weight excluding hydrogens is 562 g/mol. The van der Waals surface area contributed by atoms with E-state index < -0.39 is 12.0 Å². The van der Waals surface area contributed by atoms with E-state index in [0.29, 0.717) is 49.7 Å². The van der Waals surface area contributed by atoms with Crippen LogP contribution in [-0.2, 0) is 30.5 Å². The smallest absolute Gasteiger partial charge is 0.338 e. The Balaban J connectivity index is 1.38. The van der Waals surface area contributed by atoms with Gasteiger partial charge in [-0.3, -0.25) is 9.59 Å². The van der Waals surface area contributed by atoms with Gasteiger partial charge in [-0.05, 0) is 54.7 Å². The summed E-state index contributed by atoms with van der Waals surface area (Å²) in [4.78, 5) is 48.1. The number of hydrogen-bond acceptors (Lipinski definition) is 8. The molecule has 1 saturated heterocycles. The lowest BCUT2D eigenvalue weighted by Crippen LogP contribution is -2.42. The minimum Gasteiger partial charge on any atom is -0.466 e. The average Bonchev–Trinajstić information content (AvgIpc) is 3.41. The van der Waals surface area contributed by atoms with Crippen LogP contribution in [0.4, 0.5) is 0 Å². The number of benzene rings is 2. The zero-order chi connectivity index (χ0) is 30.5. The number of carbonyl (C=O) groups excluding carboxylic acids is 3. The number of likely N-dealkylation sites (tertiary alicyclic amines) is 1. The Morgan fingerprint density at radius 1 is 1.00 bits per heavy atom. The highest BCUT2D eigenvalue weighted by Gasteiger charge is 2.41. The number of allylic oxidation sites excluding steroid dienone is 1. The maximum atomic E-state index is 13.7. The molecule has 9 heteroatoms. The van der Waals surface area contributed by atoms with Gasteiger partial charge in [0.25, 0.3) is 0 Å². The molecular formula is C34H39N3O5S. The molecule has 226 valence electrons. The fourth-order valence-corrected chi connectivity index (χ4v) is 6.67.